The molecule has 0 atom stereocenters. The van der Waals surface area contributed by atoms with Crippen molar-refractivity contribution in [2.45, 2.75) is 20.5 Å². The van der Waals surface area contributed by atoms with Crippen molar-refractivity contribution in [3.05, 3.63) is 92.4 Å². The molecule has 1 heterocycles. The third kappa shape index (κ3) is 5.61. The Hall–Kier alpha value is -3.62. The smallest absolute Gasteiger partial charge is 0.335 e. The summed E-state index contributed by atoms with van der Waals surface area (Å²) in [6.45, 7) is 4.39. The lowest BCUT2D eigenvalue weighted by Gasteiger charge is -2.26. The summed E-state index contributed by atoms with van der Waals surface area (Å²) < 4.78 is 12.3. The van der Waals surface area contributed by atoms with Crippen LogP contribution < -0.4 is 19.7 Å². The summed E-state index contributed by atoms with van der Waals surface area (Å²) in [5.41, 5.74) is 2.59. The van der Waals surface area contributed by atoms with Crippen LogP contribution in [0.3, 0.4) is 0 Å². The van der Waals surface area contributed by atoms with E-state index >= 15 is 0 Å². The number of anilines is 1. The van der Waals surface area contributed by atoms with Crippen molar-refractivity contribution >= 4 is 57.1 Å². The number of urea groups is 1. The fourth-order valence-corrected chi connectivity index (χ4v) is 4.26. The molecule has 1 fully saturated rings. The first kappa shape index (κ1) is 25.5. The molecule has 7 nitrogen and oxygen atoms in total. The topological polar surface area (TPSA) is 84.9 Å². The first-order valence-electron chi connectivity index (χ1n) is 11.1. The van der Waals surface area contributed by atoms with Gasteiger partial charge in [0.2, 0.25) is 0 Å². The van der Waals surface area contributed by atoms with Gasteiger partial charge in [0.25, 0.3) is 11.8 Å². The second-order valence-electron chi connectivity index (χ2n) is 7.97. The average molecular weight is 570 g/mol. The maximum atomic E-state index is 13.2. The van der Waals surface area contributed by atoms with Gasteiger partial charge >= 0.3 is 6.03 Å². The molecule has 0 unspecified atom stereocenters. The number of benzene rings is 3. The highest BCUT2D eigenvalue weighted by atomic mass is 79.9. The predicted octanol–water partition coefficient (Wildman–Crippen LogP) is 6.06. The summed E-state index contributed by atoms with van der Waals surface area (Å²) in [6.07, 6.45) is 1.42. The lowest BCUT2D eigenvalue weighted by molar-refractivity contribution is -0.122. The van der Waals surface area contributed by atoms with E-state index in [-0.39, 0.29) is 12.2 Å². The van der Waals surface area contributed by atoms with Gasteiger partial charge in [-0.15, -0.1) is 0 Å². The van der Waals surface area contributed by atoms with Gasteiger partial charge in [0.15, 0.2) is 11.5 Å². The number of hydrogen-bond donors (Lipinski definition) is 1. The van der Waals surface area contributed by atoms with E-state index in [1.165, 1.54) is 6.08 Å². The maximum Gasteiger partial charge on any atom is 0.335 e. The van der Waals surface area contributed by atoms with Gasteiger partial charge in [-0.25, -0.2) is 9.69 Å². The normalized spacial score (nSPS) is 14.7. The highest BCUT2D eigenvalue weighted by Crippen LogP contribution is 2.38. The minimum atomic E-state index is -0.798. The van der Waals surface area contributed by atoms with Gasteiger partial charge in [-0.1, -0.05) is 41.4 Å². The quantitative estimate of drug-likeness (QED) is 0.276. The molecule has 0 aromatic heterocycles. The van der Waals surface area contributed by atoms with Crippen LogP contribution in [-0.4, -0.2) is 24.5 Å². The molecule has 0 aliphatic carbocycles. The van der Waals surface area contributed by atoms with Gasteiger partial charge in [0.1, 0.15) is 12.2 Å². The molecule has 4 rings (SSSR count). The van der Waals surface area contributed by atoms with Crippen molar-refractivity contribution in [3.8, 4) is 11.5 Å². The van der Waals surface area contributed by atoms with Crippen LogP contribution in [0.1, 0.15) is 23.6 Å². The molecule has 1 saturated heterocycles. The molecular formula is C27H22BrClN2O5. The zero-order chi connectivity index (χ0) is 25.8. The Morgan fingerprint density at radius 3 is 2.36 bits per heavy atom. The van der Waals surface area contributed by atoms with Crippen LogP contribution in [0.5, 0.6) is 11.5 Å². The fourth-order valence-electron chi connectivity index (χ4n) is 3.56. The van der Waals surface area contributed by atoms with E-state index in [1.807, 2.05) is 26.0 Å². The molecule has 0 bridgehead atoms. The predicted molar refractivity (Wildman–Crippen MR) is 141 cm³/mol. The molecule has 1 aliphatic heterocycles. The zero-order valence-corrected chi connectivity index (χ0v) is 21.9. The minimum absolute atomic E-state index is 0.181. The molecule has 3 aromatic rings. The number of nitrogens with zero attached hydrogens (tertiary/aromatic N) is 1. The highest BCUT2D eigenvalue weighted by Gasteiger charge is 2.36. The Morgan fingerprint density at radius 1 is 1.00 bits per heavy atom. The minimum Gasteiger partial charge on any atom is -0.490 e. The molecule has 1 N–H and O–H groups in total. The molecule has 1 aliphatic rings. The van der Waals surface area contributed by atoms with E-state index in [1.54, 1.807) is 48.5 Å². The fraction of sp³-hybridized carbons (Fsp3) is 0.148. The van der Waals surface area contributed by atoms with Crippen molar-refractivity contribution in [3.63, 3.8) is 0 Å². The van der Waals surface area contributed by atoms with Gasteiger partial charge in [-0.2, -0.15) is 0 Å². The number of barbiturate groups is 1. The number of carbonyl (C=O) groups is 3. The molecule has 3 aromatic carbocycles. The average Bonchev–Trinajstić information content (AvgIpc) is 2.83. The Bertz CT molecular complexity index is 1350. The number of nitrogens with one attached hydrogen (secondary N) is 1. The van der Waals surface area contributed by atoms with Crippen LogP contribution >= 0.6 is 27.5 Å². The van der Waals surface area contributed by atoms with Crippen LogP contribution in [0.25, 0.3) is 6.08 Å². The van der Waals surface area contributed by atoms with Crippen LogP contribution in [0.2, 0.25) is 5.02 Å². The second kappa shape index (κ2) is 11.0. The van der Waals surface area contributed by atoms with E-state index in [0.717, 1.165) is 16.0 Å². The third-order valence-electron chi connectivity index (χ3n) is 5.33. The number of amides is 4. The van der Waals surface area contributed by atoms with Gasteiger partial charge in [-0.05, 0) is 83.4 Å². The second-order valence-corrected chi connectivity index (χ2v) is 9.26. The van der Waals surface area contributed by atoms with Crippen LogP contribution in [-0.2, 0) is 16.2 Å². The van der Waals surface area contributed by atoms with E-state index < -0.39 is 17.8 Å². The Kier molecular flexibility index (Phi) is 7.76. The molecule has 0 saturated carbocycles. The SMILES string of the molecule is CCOc1cc(/C=C2\C(=O)NC(=O)N(c3ccc(C)cc3)C2=O)cc(Br)c1OCc1ccc(Cl)cc1. The number of rotatable bonds is 7. The maximum absolute atomic E-state index is 13.2. The summed E-state index contributed by atoms with van der Waals surface area (Å²) in [5.74, 6) is -0.581. The van der Waals surface area contributed by atoms with E-state index in [0.29, 0.717) is 38.9 Å². The van der Waals surface area contributed by atoms with Crippen molar-refractivity contribution in [2.24, 2.45) is 0 Å². The van der Waals surface area contributed by atoms with Gasteiger partial charge in [-0.3, -0.25) is 14.9 Å². The van der Waals surface area contributed by atoms with Crippen LogP contribution in [0.15, 0.2) is 70.7 Å². The summed E-state index contributed by atoms with van der Waals surface area (Å²) in [4.78, 5) is 39.1. The van der Waals surface area contributed by atoms with Crippen molar-refractivity contribution in [2.75, 3.05) is 11.5 Å². The first-order chi connectivity index (χ1) is 17.3. The van der Waals surface area contributed by atoms with Gasteiger partial charge in [0.05, 0.1) is 16.8 Å². The number of carbonyl (C=O) groups excluding carboxylic acids is 3. The molecule has 184 valence electrons. The largest absolute Gasteiger partial charge is 0.490 e. The van der Waals surface area contributed by atoms with E-state index in [4.69, 9.17) is 21.1 Å². The van der Waals surface area contributed by atoms with Crippen LogP contribution in [0.4, 0.5) is 10.5 Å². The van der Waals surface area contributed by atoms with Crippen molar-refractivity contribution in [1.82, 2.24) is 5.32 Å². The molecule has 0 radical (unpaired) electrons. The lowest BCUT2D eigenvalue weighted by Crippen LogP contribution is -2.54. The lowest BCUT2D eigenvalue weighted by atomic mass is 10.1. The summed E-state index contributed by atoms with van der Waals surface area (Å²) >= 11 is 9.46. The number of hydrogen-bond acceptors (Lipinski definition) is 5. The zero-order valence-electron chi connectivity index (χ0n) is 19.5. The van der Waals surface area contributed by atoms with E-state index in [2.05, 4.69) is 21.2 Å². The summed E-state index contributed by atoms with van der Waals surface area (Å²) in [6, 6.07) is 16.7. The van der Waals surface area contributed by atoms with E-state index in [9.17, 15) is 14.4 Å². The Balaban J connectivity index is 1.65. The van der Waals surface area contributed by atoms with Crippen molar-refractivity contribution < 1.29 is 23.9 Å². The number of aryl methyl sites for hydroxylation is 1. The number of halogens is 2. The third-order valence-corrected chi connectivity index (χ3v) is 6.17. The Labute approximate surface area is 221 Å². The highest BCUT2D eigenvalue weighted by molar-refractivity contribution is 9.10. The van der Waals surface area contributed by atoms with Crippen molar-refractivity contribution in [1.29, 1.82) is 0 Å². The standard InChI is InChI=1S/C27H22BrClN2O5/c1-3-35-23-14-18(13-22(28)24(23)36-15-17-6-8-19(29)9-7-17)12-21-25(32)30-27(34)31(26(21)33)20-10-4-16(2)5-11-20/h4-14H,3,15H2,1-2H3,(H,30,32,34)/b21-12+. The molecular weight excluding hydrogens is 548 g/mol. The number of ether oxygens (including phenoxy) is 2. The molecule has 36 heavy (non-hydrogen) atoms. The molecule has 4 amide bonds. The van der Waals surface area contributed by atoms with Gasteiger partial charge < -0.3 is 9.47 Å². The number of imide groups is 2. The van der Waals surface area contributed by atoms with Crippen LogP contribution in [0, 0.1) is 6.92 Å². The molecule has 9 heteroatoms. The molecule has 0 spiro atoms. The Morgan fingerprint density at radius 2 is 1.69 bits per heavy atom. The monoisotopic (exact) mass is 568 g/mol. The van der Waals surface area contributed by atoms with Gasteiger partial charge in [0, 0.05) is 5.02 Å². The summed E-state index contributed by atoms with van der Waals surface area (Å²) in [7, 11) is 0. The first-order valence-corrected chi connectivity index (χ1v) is 12.3. The summed E-state index contributed by atoms with van der Waals surface area (Å²) in [5, 5.41) is 2.87.